The van der Waals surface area contributed by atoms with Gasteiger partial charge in [-0.25, -0.2) is 13.2 Å². The highest BCUT2D eigenvalue weighted by Crippen LogP contribution is 2.19. The topological polar surface area (TPSA) is 109 Å². The first kappa shape index (κ1) is 13.9. The molecular weight excluding hydrogens is 296 g/mol. The van der Waals surface area contributed by atoms with E-state index in [-0.39, 0.29) is 29.4 Å². The zero-order chi connectivity index (χ0) is 15.2. The summed E-state index contributed by atoms with van der Waals surface area (Å²) in [5.41, 5.74) is 1.14. The van der Waals surface area contributed by atoms with Gasteiger partial charge in [0.1, 0.15) is 0 Å². The number of carbonyl (C=O) groups is 1. The molecule has 2 aromatic rings. The molecular formula is C13H14N2O5S. The zero-order valence-electron chi connectivity index (χ0n) is 11.3. The third-order valence-corrected chi connectivity index (χ3v) is 5.54. The first-order chi connectivity index (χ1) is 9.84. The minimum absolute atomic E-state index is 0.0370. The molecule has 1 saturated heterocycles. The van der Waals surface area contributed by atoms with Crippen molar-refractivity contribution in [2.45, 2.75) is 13.0 Å². The monoisotopic (exact) mass is 310 g/mol. The fourth-order valence-electron chi connectivity index (χ4n) is 2.55. The summed E-state index contributed by atoms with van der Waals surface area (Å²) in [6.07, 6.45) is 0. The minimum atomic E-state index is -3.08. The van der Waals surface area contributed by atoms with E-state index in [0.29, 0.717) is 16.7 Å². The Morgan fingerprint density at radius 3 is 2.81 bits per heavy atom. The largest absolute Gasteiger partial charge is 0.417 e. The molecule has 0 saturated carbocycles. The fourth-order valence-corrected chi connectivity index (χ4v) is 4.68. The van der Waals surface area contributed by atoms with Gasteiger partial charge in [0.2, 0.25) is 0 Å². The maximum Gasteiger partial charge on any atom is 0.417 e. The second kappa shape index (κ2) is 4.73. The smallest absolute Gasteiger partial charge is 0.408 e. The third kappa shape index (κ3) is 2.71. The average molecular weight is 310 g/mol. The Morgan fingerprint density at radius 2 is 2.14 bits per heavy atom. The number of carbonyl (C=O) groups excluding carboxylic acids is 1. The summed E-state index contributed by atoms with van der Waals surface area (Å²) in [5, 5.41) is 2.73. The highest BCUT2D eigenvalue weighted by atomic mass is 32.2. The van der Waals surface area contributed by atoms with Crippen LogP contribution in [0.2, 0.25) is 0 Å². The van der Waals surface area contributed by atoms with Crippen LogP contribution in [-0.4, -0.2) is 36.9 Å². The number of oxazole rings is 1. The molecule has 0 spiro atoms. The quantitative estimate of drug-likeness (QED) is 0.828. The molecule has 0 aliphatic carbocycles. The van der Waals surface area contributed by atoms with Gasteiger partial charge in [0, 0.05) is 11.6 Å². The van der Waals surface area contributed by atoms with E-state index in [9.17, 15) is 18.0 Å². The molecule has 2 heterocycles. The molecule has 1 fully saturated rings. The van der Waals surface area contributed by atoms with Crippen LogP contribution in [-0.2, 0) is 9.84 Å². The van der Waals surface area contributed by atoms with E-state index in [0.717, 1.165) is 0 Å². The van der Waals surface area contributed by atoms with Crippen LogP contribution in [0, 0.1) is 5.92 Å². The van der Waals surface area contributed by atoms with Crippen LogP contribution in [0.25, 0.3) is 11.1 Å². The Bertz CT molecular complexity index is 864. The molecule has 7 nitrogen and oxygen atoms in total. The predicted molar refractivity (Wildman–Crippen MR) is 75.9 cm³/mol. The molecule has 1 amide bonds. The molecule has 0 unspecified atom stereocenters. The van der Waals surface area contributed by atoms with E-state index < -0.39 is 15.6 Å². The lowest BCUT2D eigenvalue weighted by atomic mass is 10.1. The molecule has 1 aromatic carbocycles. The second-order valence-electron chi connectivity index (χ2n) is 5.36. The second-order valence-corrected chi connectivity index (χ2v) is 7.51. The van der Waals surface area contributed by atoms with Gasteiger partial charge in [0.15, 0.2) is 15.4 Å². The molecule has 1 aromatic heterocycles. The molecule has 1 aliphatic heterocycles. The van der Waals surface area contributed by atoms with Crippen molar-refractivity contribution in [1.29, 1.82) is 0 Å². The maximum atomic E-state index is 12.2. The van der Waals surface area contributed by atoms with Gasteiger partial charge < -0.3 is 9.73 Å². The summed E-state index contributed by atoms with van der Waals surface area (Å²) in [7, 11) is -3.08. The number of amides is 1. The molecule has 8 heteroatoms. The number of hydrogen-bond acceptors (Lipinski definition) is 5. The molecule has 2 atom stereocenters. The van der Waals surface area contributed by atoms with Gasteiger partial charge in [-0.15, -0.1) is 0 Å². The summed E-state index contributed by atoms with van der Waals surface area (Å²) in [6.45, 7) is 1.80. The number of nitrogens with one attached hydrogen (secondary N) is 2. The van der Waals surface area contributed by atoms with Crippen molar-refractivity contribution < 1.29 is 17.6 Å². The number of aromatic nitrogens is 1. The molecule has 0 radical (unpaired) electrons. The van der Waals surface area contributed by atoms with Gasteiger partial charge in [0.25, 0.3) is 5.91 Å². The van der Waals surface area contributed by atoms with Crippen molar-refractivity contribution in [3.05, 3.63) is 34.3 Å². The molecule has 1 aliphatic rings. The third-order valence-electron chi connectivity index (χ3n) is 3.63. The molecule has 21 heavy (non-hydrogen) atoms. The van der Waals surface area contributed by atoms with Crippen LogP contribution in [0.15, 0.2) is 27.4 Å². The number of H-pyrrole nitrogens is 1. The number of aromatic amines is 1. The van der Waals surface area contributed by atoms with Crippen molar-refractivity contribution >= 4 is 26.8 Å². The summed E-state index contributed by atoms with van der Waals surface area (Å²) >= 11 is 0. The molecule has 112 valence electrons. The van der Waals surface area contributed by atoms with Gasteiger partial charge in [0.05, 0.1) is 17.0 Å². The van der Waals surface area contributed by atoms with E-state index in [1.807, 2.05) is 0 Å². The van der Waals surface area contributed by atoms with Crippen LogP contribution >= 0.6 is 0 Å². The lowest BCUT2D eigenvalue weighted by Gasteiger charge is -2.15. The van der Waals surface area contributed by atoms with Crippen molar-refractivity contribution in [1.82, 2.24) is 10.3 Å². The molecule has 2 N–H and O–H groups in total. The van der Waals surface area contributed by atoms with E-state index in [1.165, 1.54) is 18.2 Å². The van der Waals surface area contributed by atoms with Gasteiger partial charge >= 0.3 is 5.76 Å². The van der Waals surface area contributed by atoms with E-state index in [4.69, 9.17) is 4.42 Å². The molecule has 0 bridgehead atoms. The van der Waals surface area contributed by atoms with Crippen LogP contribution < -0.4 is 11.1 Å². The number of fused-ring (bicyclic) bond motifs is 1. The normalized spacial score (nSPS) is 24.2. The first-order valence-electron chi connectivity index (χ1n) is 6.48. The van der Waals surface area contributed by atoms with Crippen molar-refractivity contribution in [2.24, 2.45) is 5.92 Å². The maximum absolute atomic E-state index is 12.2. The summed E-state index contributed by atoms with van der Waals surface area (Å²) in [5.74, 6) is -1.01. The number of sulfone groups is 1. The Balaban J connectivity index is 1.82. The fraction of sp³-hybridized carbons (Fsp3) is 0.385. The Hall–Kier alpha value is -2.09. The zero-order valence-corrected chi connectivity index (χ0v) is 12.1. The number of rotatable bonds is 2. The lowest BCUT2D eigenvalue weighted by molar-refractivity contribution is 0.0933. The van der Waals surface area contributed by atoms with E-state index in [1.54, 1.807) is 6.92 Å². The van der Waals surface area contributed by atoms with Crippen molar-refractivity contribution in [2.75, 3.05) is 11.5 Å². The summed E-state index contributed by atoms with van der Waals surface area (Å²) in [4.78, 5) is 25.7. The van der Waals surface area contributed by atoms with Gasteiger partial charge in [-0.3, -0.25) is 9.78 Å². The Morgan fingerprint density at radius 1 is 1.38 bits per heavy atom. The minimum Gasteiger partial charge on any atom is -0.408 e. The lowest BCUT2D eigenvalue weighted by Crippen LogP contribution is -2.39. The number of hydrogen-bond donors (Lipinski definition) is 2. The highest BCUT2D eigenvalue weighted by molar-refractivity contribution is 7.91. The van der Waals surface area contributed by atoms with Crippen LogP contribution in [0.3, 0.4) is 0 Å². The van der Waals surface area contributed by atoms with Crippen LogP contribution in [0.4, 0.5) is 0 Å². The van der Waals surface area contributed by atoms with E-state index in [2.05, 4.69) is 10.3 Å². The van der Waals surface area contributed by atoms with Crippen LogP contribution in [0.5, 0.6) is 0 Å². The number of benzene rings is 1. The Kier molecular flexibility index (Phi) is 3.12. The molecule has 3 rings (SSSR count). The van der Waals surface area contributed by atoms with E-state index >= 15 is 0 Å². The summed E-state index contributed by atoms with van der Waals surface area (Å²) in [6, 6.07) is 4.17. The van der Waals surface area contributed by atoms with Crippen LogP contribution in [0.1, 0.15) is 17.3 Å². The van der Waals surface area contributed by atoms with Gasteiger partial charge in [-0.05, 0) is 24.1 Å². The standard InChI is InChI=1S/C13H14N2O5S/c1-7-5-21(18,19)6-10(7)14-12(16)8-2-3-11-9(4-8)15-13(17)20-11/h2-4,7,10H,5-6H2,1H3,(H,14,16)(H,15,17)/t7-,10+/m0/s1. The Labute approximate surface area is 120 Å². The van der Waals surface area contributed by atoms with Gasteiger partial charge in [-0.2, -0.15) is 0 Å². The van der Waals surface area contributed by atoms with Crippen molar-refractivity contribution in [3.8, 4) is 0 Å². The first-order valence-corrected chi connectivity index (χ1v) is 8.30. The average Bonchev–Trinajstić information content (AvgIpc) is 2.86. The highest BCUT2D eigenvalue weighted by Gasteiger charge is 2.35. The van der Waals surface area contributed by atoms with Crippen molar-refractivity contribution in [3.63, 3.8) is 0 Å². The van der Waals surface area contributed by atoms with Gasteiger partial charge in [-0.1, -0.05) is 6.92 Å². The summed E-state index contributed by atoms with van der Waals surface area (Å²) < 4.78 is 27.9. The SMILES string of the molecule is C[C@H]1CS(=O)(=O)C[C@H]1NC(=O)c1ccc2oc(=O)[nH]c2c1. The predicted octanol–water partition coefficient (Wildman–Crippen LogP) is 0.284.